The van der Waals surface area contributed by atoms with Crippen LogP contribution in [-0.4, -0.2) is 45.5 Å². The second-order valence-electron chi connectivity index (χ2n) is 6.73. The van der Waals surface area contributed by atoms with Crippen molar-refractivity contribution in [3.63, 3.8) is 0 Å². The van der Waals surface area contributed by atoms with Crippen LogP contribution in [0.15, 0.2) is 42.0 Å². The number of aliphatic imine (C=N–C) groups is 1. The predicted octanol–water partition coefficient (Wildman–Crippen LogP) is 2.07. The van der Waals surface area contributed by atoms with Gasteiger partial charge in [-0.15, -0.1) is 0 Å². The van der Waals surface area contributed by atoms with Gasteiger partial charge < -0.3 is 10.2 Å². The molecular formula is C17H24N6. The van der Waals surface area contributed by atoms with Crippen LogP contribution >= 0.6 is 0 Å². The molecule has 23 heavy (non-hydrogen) atoms. The topological polar surface area (TPSA) is 58.3 Å². The van der Waals surface area contributed by atoms with Crippen molar-refractivity contribution >= 4 is 5.96 Å². The molecule has 0 atom stereocenters. The SMILES string of the molecule is CN=C(NCc1ccc(-n2ccnc2)nc1)N1CCC(C)(C)C1. The number of hydrogen-bond donors (Lipinski definition) is 1. The van der Waals surface area contributed by atoms with Crippen molar-refractivity contribution in [2.24, 2.45) is 10.4 Å². The van der Waals surface area contributed by atoms with Crippen LogP contribution in [0.2, 0.25) is 0 Å². The lowest BCUT2D eigenvalue weighted by atomic mass is 9.93. The van der Waals surface area contributed by atoms with E-state index in [1.807, 2.05) is 30.1 Å². The van der Waals surface area contributed by atoms with Crippen molar-refractivity contribution in [3.8, 4) is 5.82 Å². The molecule has 6 heteroatoms. The van der Waals surface area contributed by atoms with Gasteiger partial charge in [-0.25, -0.2) is 9.97 Å². The highest BCUT2D eigenvalue weighted by atomic mass is 15.3. The Bertz CT molecular complexity index is 657. The lowest BCUT2D eigenvalue weighted by Gasteiger charge is -2.23. The maximum Gasteiger partial charge on any atom is 0.193 e. The summed E-state index contributed by atoms with van der Waals surface area (Å²) < 4.78 is 1.89. The largest absolute Gasteiger partial charge is 0.352 e. The van der Waals surface area contributed by atoms with Gasteiger partial charge in [0.2, 0.25) is 0 Å². The highest BCUT2D eigenvalue weighted by molar-refractivity contribution is 5.80. The van der Waals surface area contributed by atoms with E-state index < -0.39 is 0 Å². The quantitative estimate of drug-likeness (QED) is 0.696. The first-order chi connectivity index (χ1) is 11.1. The van der Waals surface area contributed by atoms with Crippen molar-refractivity contribution in [1.82, 2.24) is 24.8 Å². The van der Waals surface area contributed by atoms with Crippen LogP contribution in [0.1, 0.15) is 25.8 Å². The van der Waals surface area contributed by atoms with Gasteiger partial charge in [0.15, 0.2) is 5.96 Å². The third-order valence-corrected chi connectivity index (χ3v) is 4.22. The molecule has 122 valence electrons. The Morgan fingerprint density at radius 3 is 2.83 bits per heavy atom. The minimum Gasteiger partial charge on any atom is -0.352 e. The van der Waals surface area contributed by atoms with E-state index in [4.69, 9.17) is 0 Å². The molecule has 1 aliphatic heterocycles. The Hall–Kier alpha value is -2.37. The predicted molar refractivity (Wildman–Crippen MR) is 91.5 cm³/mol. The van der Waals surface area contributed by atoms with Crippen LogP contribution in [0.4, 0.5) is 0 Å². The average Bonchev–Trinajstić information content (AvgIpc) is 3.18. The molecule has 3 heterocycles. The van der Waals surface area contributed by atoms with Crippen LogP contribution in [-0.2, 0) is 6.54 Å². The van der Waals surface area contributed by atoms with Gasteiger partial charge in [0.05, 0.1) is 0 Å². The Labute approximate surface area is 137 Å². The number of imidazole rings is 1. The molecule has 0 bridgehead atoms. The van der Waals surface area contributed by atoms with E-state index in [0.29, 0.717) is 5.41 Å². The second kappa shape index (κ2) is 6.40. The molecule has 0 amide bonds. The zero-order chi connectivity index (χ0) is 16.3. The molecule has 2 aromatic heterocycles. The first-order valence-corrected chi connectivity index (χ1v) is 7.96. The van der Waals surface area contributed by atoms with Gasteiger partial charge in [-0.1, -0.05) is 19.9 Å². The minimum absolute atomic E-state index is 0.367. The van der Waals surface area contributed by atoms with E-state index in [0.717, 1.165) is 37.0 Å². The molecule has 1 N–H and O–H groups in total. The summed E-state index contributed by atoms with van der Waals surface area (Å²) in [7, 11) is 1.84. The fourth-order valence-corrected chi connectivity index (χ4v) is 2.88. The maximum atomic E-state index is 4.48. The summed E-state index contributed by atoms with van der Waals surface area (Å²) >= 11 is 0. The van der Waals surface area contributed by atoms with Crippen LogP contribution in [0.3, 0.4) is 0 Å². The van der Waals surface area contributed by atoms with Gasteiger partial charge >= 0.3 is 0 Å². The third-order valence-electron chi connectivity index (χ3n) is 4.22. The smallest absolute Gasteiger partial charge is 0.193 e. The van der Waals surface area contributed by atoms with Gasteiger partial charge in [-0.2, -0.15) is 0 Å². The number of nitrogens with zero attached hydrogens (tertiary/aromatic N) is 5. The molecule has 1 aliphatic rings. The lowest BCUT2D eigenvalue weighted by Crippen LogP contribution is -2.40. The first kappa shape index (κ1) is 15.5. The molecular weight excluding hydrogens is 288 g/mol. The normalized spacial score (nSPS) is 17.5. The summed E-state index contributed by atoms with van der Waals surface area (Å²) in [6, 6.07) is 4.08. The molecule has 0 aromatic carbocycles. The number of nitrogens with one attached hydrogen (secondary N) is 1. The summed E-state index contributed by atoms with van der Waals surface area (Å²) in [6.07, 6.45) is 8.48. The lowest BCUT2D eigenvalue weighted by molar-refractivity contribution is 0.370. The second-order valence-corrected chi connectivity index (χ2v) is 6.73. The highest BCUT2D eigenvalue weighted by Crippen LogP contribution is 2.28. The summed E-state index contributed by atoms with van der Waals surface area (Å²) in [5.41, 5.74) is 1.50. The van der Waals surface area contributed by atoms with Crippen LogP contribution in [0.5, 0.6) is 0 Å². The Kier molecular flexibility index (Phi) is 4.32. The maximum absolute atomic E-state index is 4.48. The summed E-state index contributed by atoms with van der Waals surface area (Å²) in [6.45, 7) is 7.44. The fourth-order valence-electron chi connectivity index (χ4n) is 2.88. The first-order valence-electron chi connectivity index (χ1n) is 7.96. The molecule has 0 unspecified atom stereocenters. The molecule has 0 radical (unpaired) electrons. The minimum atomic E-state index is 0.367. The summed E-state index contributed by atoms with van der Waals surface area (Å²) in [5, 5.41) is 3.44. The average molecular weight is 312 g/mol. The number of hydrogen-bond acceptors (Lipinski definition) is 3. The van der Waals surface area contributed by atoms with Crippen LogP contribution < -0.4 is 5.32 Å². The third kappa shape index (κ3) is 3.70. The Balaban J connectivity index is 1.59. The number of aromatic nitrogens is 3. The summed E-state index contributed by atoms with van der Waals surface area (Å²) in [4.78, 5) is 15.2. The number of pyridine rings is 1. The number of likely N-dealkylation sites (tertiary alicyclic amines) is 1. The monoisotopic (exact) mass is 312 g/mol. The van der Waals surface area contributed by atoms with Crippen LogP contribution in [0.25, 0.3) is 5.82 Å². The number of rotatable bonds is 3. The van der Waals surface area contributed by atoms with E-state index in [9.17, 15) is 0 Å². The van der Waals surface area contributed by atoms with Crippen molar-refractivity contribution in [1.29, 1.82) is 0 Å². The zero-order valence-corrected chi connectivity index (χ0v) is 14.0. The van der Waals surface area contributed by atoms with E-state index in [1.165, 1.54) is 6.42 Å². The molecule has 1 saturated heterocycles. The molecule has 0 saturated carbocycles. The molecule has 0 spiro atoms. The van der Waals surface area contributed by atoms with Crippen molar-refractivity contribution in [3.05, 3.63) is 42.6 Å². The number of guanidine groups is 1. The highest BCUT2D eigenvalue weighted by Gasteiger charge is 2.30. The van der Waals surface area contributed by atoms with Crippen molar-refractivity contribution < 1.29 is 0 Å². The van der Waals surface area contributed by atoms with Gasteiger partial charge in [-0.3, -0.25) is 9.56 Å². The van der Waals surface area contributed by atoms with Crippen LogP contribution in [0, 0.1) is 5.41 Å². The van der Waals surface area contributed by atoms with E-state index in [1.54, 1.807) is 12.5 Å². The van der Waals surface area contributed by atoms with Crippen molar-refractivity contribution in [2.45, 2.75) is 26.8 Å². The molecule has 3 rings (SSSR count). The van der Waals surface area contributed by atoms with Gasteiger partial charge in [-0.05, 0) is 23.5 Å². The Morgan fingerprint density at radius 1 is 1.39 bits per heavy atom. The zero-order valence-electron chi connectivity index (χ0n) is 14.0. The molecule has 6 nitrogen and oxygen atoms in total. The summed E-state index contributed by atoms with van der Waals surface area (Å²) in [5.74, 6) is 1.84. The fraction of sp³-hybridized carbons (Fsp3) is 0.471. The molecule has 0 aliphatic carbocycles. The molecule has 2 aromatic rings. The van der Waals surface area contributed by atoms with E-state index in [2.05, 4.69) is 45.1 Å². The molecule has 1 fully saturated rings. The Morgan fingerprint density at radius 2 is 2.26 bits per heavy atom. The standard InChI is InChI=1S/C17H24N6/c1-17(2)6-8-22(12-17)16(18-3)21-11-14-4-5-15(20-10-14)23-9-7-19-13-23/h4-5,7,9-10,13H,6,8,11-12H2,1-3H3,(H,18,21). The van der Waals surface area contributed by atoms with E-state index in [-0.39, 0.29) is 0 Å². The van der Waals surface area contributed by atoms with E-state index >= 15 is 0 Å². The van der Waals surface area contributed by atoms with Gasteiger partial charge in [0, 0.05) is 45.3 Å². The van der Waals surface area contributed by atoms with Gasteiger partial charge in [0.1, 0.15) is 12.1 Å². The van der Waals surface area contributed by atoms with Crippen molar-refractivity contribution in [2.75, 3.05) is 20.1 Å². The van der Waals surface area contributed by atoms with Gasteiger partial charge in [0.25, 0.3) is 0 Å².